The van der Waals surface area contributed by atoms with Gasteiger partial charge < -0.3 is 15.2 Å². The van der Waals surface area contributed by atoms with Crippen LogP contribution in [0.4, 0.5) is 5.69 Å². The second kappa shape index (κ2) is 8.91. The molecule has 1 unspecified atom stereocenters. The predicted octanol–water partition coefficient (Wildman–Crippen LogP) is 1.79. The van der Waals surface area contributed by atoms with Crippen molar-refractivity contribution in [1.29, 1.82) is 0 Å². The molecule has 4 heteroatoms. The molecule has 1 aromatic carbocycles. The van der Waals surface area contributed by atoms with Gasteiger partial charge in [0.15, 0.2) is 0 Å². The van der Waals surface area contributed by atoms with Gasteiger partial charge in [-0.05, 0) is 31.0 Å². The molecule has 0 spiro atoms. The minimum atomic E-state index is 0.390. The Morgan fingerprint density at radius 2 is 2.00 bits per heavy atom. The molecule has 4 nitrogen and oxygen atoms in total. The number of methoxy groups -OCH3 is 2. The van der Waals surface area contributed by atoms with E-state index in [9.17, 15) is 0 Å². The number of ether oxygens (including phenoxy) is 2. The summed E-state index contributed by atoms with van der Waals surface area (Å²) in [6.45, 7) is 5.56. The van der Waals surface area contributed by atoms with Gasteiger partial charge in [-0.15, -0.1) is 0 Å². The Morgan fingerprint density at radius 1 is 1.21 bits per heavy atom. The monoisotopic (exact) mass is 266 g/mol. The Balaban J connectivity index is 2.51. The van der Waals surface area contributed by atoms with Gasteiger partial charge >= 0.3 is 0 Å². The van der Waals surface area contributed by atoms with Crippen LogP contribution < -0.4 is 5.73 Å². The summed E-state index contributed by atoms with van der Waals surface area (Å²) in [5.74, 6) is 0. The highest BCUT2D eigenvalue weighted by Crippen LogP contribution is 2.09. The topological polar surface area (TPSA) is 47.7 Å². The molecule has 0 aromatic heterocycles. The first-order valence-electron chi connectivity index (χ1n) is 6.73. The smallest absolute Gasteiger partial charge is 0.0615 e. The molecule has 0 amide bonds. The van der Waals surface area contributed by atoms with Crippen molar-refractivity contribution in [2.45, 2.75) is 19.4 Å². The van der Waals surface area contributed by atoms with Gasteiger partial charge in [0, 0.05) is 39.0 Å². The Labute approximate surface area is 116 Å². The van der Waals surface area contributed by atoms with Crippen LogP contribution in [-0.4, -0.2) is 51.5 Å². The van der Waals surface area contributed by atoms with E-state index >= 15 is 0 Å². The SMILES string of the molecule is COCCN(CCc1cccc(N)c1)C(C)COC. The zero-order valence-corrected chi connectivity index (χ0v) is 12.3. The maximum Gasteiger partial charge on any atom is 0.0615 e. The number of hydrogen-bond donors (Lipinski definition) is 1. The highest BCUT2D eigenvalue weighted by molar-refractivity contribution is 5.40. The van der Waals surface area contributed by atoms with Crippen LogP contribution in [0.2, 0.25) is 0 Å². The van der Waals surface area contributed by atoms with Gasteiger partial charge in [0.05, 0.1) is 13.2 Å². The average molecular weight is 266 g/mol. The van der Waals surface area contributed by atoms with Gasteiger partial charge in [-0.3, -0.25) is 4.90 Å². The molecule has 2 N–H and O–H groups in total. The van der Waals surface area contributed by atoms with Gasteiger partial charge in [-0.2, -0.15) is 0 Å². The van der Waals surface area contributed by atoms with Crippen molar-refractivity contribution in [2.24, 2.45) is 0 Å². The summed E-state index contributed by atoms with van der Waals surface area (Å²) in [7, 11) is 3.47. The third kappa shape index (κ3) is 6.05. The number of nitrogen functional groups attached to an aromatic ring is 1. The molecule has 0 radical (unpaired) electrons. The Hall–Kier alpha value is -1.10. The van der Waals surface area contributed by atoms with Crippen molar-refractivity contribution in [3.8, 4) is 0 Å². The predicted molar refractivity (Wildman–Crippen MR) is 79.3 cm³/mol. The lowest BCUT2D eigenvalue weighted by Gasteiger charge is -2.28. The fourth-order valence-electron chi connectivity index (χ4n) is 2.13. The highest BCUT2D eigenvalue weighted by atomic mass is 16.5. The standard InChI is InChI=1S/C15H26N2O2/c1-13(12-19-3)17(9-10-18-2)8-7-14-5-4-6-15(16)11-14/h4-6,11,13H,7-10,12,16H2,1-3H3. The van der Waals surface area contributed by atoms with Crippen LogP contribution in [0.1, 0.15) is 12.5 Å². The fourth-order valence-corrected chi connectivity index (χ4v) is 2.13. The molecule has 0 aliphatic carbocycles. The summed E-state index contributed by atoms with van der Waals surface area (Å²) in [5.41, 5.74) is 7.89. The highest BCUT2D eigenvalue weighted by Gasteiger charge is 2.13. The van der Waals surface area contributed by atoms with Gasteiger partial charge in [0.1, 0.15) is 0 Å². The van der Waals surface area contributed by atoms with Crippen molar-refractivity contribution in [3.05, 3.63) is 29.8 Å². The van der Waals surface area contributed by atoms with Crippen LogP contribution in [0, 0.1) is 0 Å². The van der Waals surface area contributed by atoms with E-state index in [1.54, 1.807) is 14.2 Å². The van der Waals surface area contributed by atoms with E-state index in [4.69, 9.17) is 15.2 Å². The van der Waals surface area contributed by atoms with Crippen molar-refractivity contribution in [2.75, 3.05) is 46.3 Å². The summed E-state index contributed by atoms with van der Waals surface area (Å²) in [5, 5.41) is 0. The molecule has 0 fully saturated rings. The molecule has 1 rings (SSSR count). The first-order chi connectivity index (χ1) is 9.17. The summed E-state index contributed by atoms with van der Waals surface area (Å²) >= 11 is 0. The first-order valence-corrected chi connectivity index (χ1v) is 6.73. The number of rotatable bonds is 9. The Kier molecular flexibility index (Phi) is 7.48. The van der Waals surface area contributed by atoms with Crippen molar-refractivity contribution in [1.82, 2.24) is 4.90 Å². The summed E-state index contributed by atoms with van der Waals surface area (Å²) in [6.07, 6.45) is 0.989. The zero-order chi connectivity index (χ0) is 14.1. The molecule has 1 aromatic rings. The van der Waals surface area contributed by atoms with E-state index in [-0.39, 0.29) is 0 Å². The molecule has 0 saturated carbocycles. The lowest BCUT2D eigenvalue weighted by Crippen LogP contribution is -2.39. The van der Waals surface area contributed by atoms with Gasteiger partial charge in [0.2, 0.25) is 0 Å². The molecule has 19 heavy (non-hydrogen) atoms. The van der Waals surface area contributed by atoms with Crippen LogP contribution in [0.3, 0.4) is 0 Å². The summed E-state index contributed by atoms with van der Waals surface area (Å²) in [6, 6.07) is 8.46. The van der Waals surface area contributed by atoms with Crippen LogP contribution >= 0.6 is 0 Å². The number of benzene rings is 1. The third-order valence-corrected chi connectivity index (χ3v) is 3.25. The van der Waals surface area contributed by atoms with Gasteiger partial charge in [0.25, 0.3) is 0 Å². The van der Waals surface area contributed by atoms with E-state index < -0.39 is 0 Å². The second-order valence-corrected chi connectivity index (χ2v) is 4.83. The maximum atomic E-state index is 5.80. The second-order valence-electron chi connectivity index (χ2n) is 4.83. The quantitative estimate of drug-likeness (QED) is 0.692. The Morgan fingerprint density at radius 3 is 2.63 bits per heavy atom. The van der Waals surface area contributed by atoms with Crippen LogP contribution in [-0.2, 0) is 15.9 Å². The molecule has 1 atom stereocenters. The molecule has 0 heterocycles. The maximum absolute atomic E-state index is 5.80. The molecule has 0 aliphatic heterocycles. The molecular weight excluding hydrogens is 240 g/mol. The van der Waals surface area contributed by atoms with E-state index in [1.165, 1.54) is 5.56 Å². The molecular formula is C15H26N2O2. The lowest BCUT2D eigenvalue weighted by molar-refractivity contribution is 0.0758. The summed E-state index contributed by atoms with van der Waals surface area (Å²) < 4.78 is 10.4. The zero-order valence-electron chi connectivity index (χ0n) is 12.3. The van der Waals surface area contributed by atoms with Crippen LogP contribution in [0.25, 0.3) is 0 Å². The lowest BCUT2D eigenvalue weighted by atomic mass is 10.1. The van der Waals surface area contributed by atoms with E-state index in [0.29, 0.717) is 6.04 Å². The van der Waals surface area contributed by atoms with Crippen molar-refractivity contribution < 1.29 is 9.47 Å². The van der Waals surface area contributed by atoms with Gasteiger partial charge in [-0.1, -0.05) is 12.1 Å². The first kappa shape index (κ1) is 16.0. The normalized spacial score (nSPS) is 12.8. The number of anilines is 1. The van der Waals surface area contributed by atoms with Crippen molar-refractivity contribution in [3.63, 3.8) is 0 Å². The molecule has 0 bridgehead atoms. The molecule has 0 aliphatic rings. The van der Waals surface area contributed by atoms with Crippen LogP contribution in [0.5, 0.6) is 0 Å². The van der Waals surface area contributed by atoms with Crippen LogP contribution in [0.15, 0.2) is 24.3 Å². The van der Waals surface area contributed by atoms with Gasteiger partial charge in [-0.25, -0.2) is 0 Å². The summed E-state index contributed by atoms with van der Waals surface area (Å²) in [4.78, 5) is 2.39. The third-order valence-electron chi connectivity index (χ3n) is 3.25. The van der Waals surface area contributed by atoms with E-state index in [1.807, 2.05) is 18.2 Å². The fraction of sp³-hybridized carbons (Fsp3) is 0.600. The number of hydrogen-bond acceptors (Lipinski definition) is 4. The minimum Gasteiger partial charge on any atom is -0.399 e. The largest absolute Gasteiger partial charge is 0.399 e. The Bertz CT molecular complexity index is 358. The van der Waals surface area contributed by atoms with Crippen molar-refractivity contribution >= 4 is 5.69 Å². The molecule has 108 valence electrons. The minimum absolute atomic E-state index is 0.390. The number of nitrogens with two attached hydrogens (primary N) is 1. The van der Waals surface area contributed by atoms with E-state index in [2.05, 4.69) is 17.9 Å². The average Bonchev–Trinajstić information content (AvgIpc) is 2.39. The number of nitrogens with zero attached hydrogens (tertiary/aromatic N) is 1. The van der Waals surface area contributed by atoms with E-state index in [0.717, 1.165) is 38.4 Å². The molecule has 0 saturated heterocycles.